The minimum atomic E-state index is -0.0280. The van der Waals surface area contributed by atoms with E-state index in [9.17, 15) is 9.59 Å². The lowest BCUT2D eigenvalue weighted by Crippen LogP contribution is -2.12. The van der Waals surface area contributed by atoms with Crippen LogP contribution in [0.25, 0.3) is 0 Å². The molecule has 0 radical (unpaired) electrons. The predicted molar refractivity (Wildman–Crippen MR) is 85.6 cm³/mol. The van der Waals surface area contributed by atoms with Crippen molar-refractivity contribution >= 4 is 46.3 Å². The first-order valence-corrected chi connectivity index (χ1v) is 8.60. The Balaban J connectivity index is 1.65. The van der Waals surface area contributed by atoms with Gasteiger partial charge in [-0.3, -0.25) is 17.5 Å². The lowest BCUT2D eigenvalue weighted by atomic mass is 10.2. The molecule has 0 unspecified atom stereocenters. The molecule has 0 atom stereocenters. The van der Waals surface area contributed by atoms with Crippen LogP contribution in [0.2, 0.25) is 8.67 Å². The van der Waals surface area contributed by atoms with Gasteiger partial charge in [-0.15, -0.1) is 0 Å². The average molecular weight is 353 g/mol. The Kier molecular flexibility index (Phi) is 5.89. The van der Waals surface area contributed by atoms with Crippen molar-refractivity contribution in [2.75, 3.05) is 0 Å². The van der Waals surface area contributed by atoms with Crippen LogP contribution < -0.4 is 11.1 Å². The maximum Gasteiger partial charge on any atom is 0.262 e. The molecule has 0 saturated carbocycles. The Morgan fingerprint density at radius 1 is 0.800 bits per heavy atom. The summed E-state index contributed by atoms with van der Waals surface area (Å²) >= 11 is 14.1. The van der Waals surface area contributed by atoms with Gasteiger partial charge in [-0.05, 0) is 35.9 Å². The molecule has 0 aliphatic carbocycles. The van der Waals surface area contributed by atoms with E-state index in [1.807, 2.05) is 0 Å². The van der Waals surface area contributed by atoms with Crippen LogP contribution in [0.3, 0.4) is 0 Å². The van der Waals surface area contributed by atoms with Crippen LogP contribution >= 0.6 is 46.3 Å². The van der Waals surface area contributed by atoms with E-state index in [2.05, 4.69) is 0 Å². The first kappa shape index (κ1) is 15.8. The van der Waals surface area contributed by atoms with Gasteiger partial charge in [0.15, 0.2) is 0 Å². The lowest BCUT2D eigenvalue weighted by Gasteiger charge is -2.02. The third kappa shape index (κ3) is 4.48. The summed E-state index contributed by atoms with van der Waals surface area (Å²) in [5, 5.41) is 0. The smallest absolute Gasteiger partial charge is 0.262 e. The number of nitrogens with zero attached hydrogens (tertiary/aromatic N) is 2. The third-order valence-corrected chi connectivity index (χ3v) is 5.22. The second-order valence-corrected chi connectivity index (χ2v) is 7.76. The summed E-state index contributed by atoms with van der Waals surface area (Å²) < 4.78 is 4.41. The van der Waals surface area contributed by atoms with E-state index in [0.717, 1.165) is 25.7 Å². The van der Waals surface area contributed by atoms with Gasteiger partial charge in [-0.1, -0.05) is 36.0 Å². The minimum Gasteiger partial charge on any atom is -0.268 e. The summed E-state index contributed by atoms with van der Waals surface area (Å²) in [7, 11) is 0. The molecule has 20 heavy (non-hydrogen) atoms. The monoisotopic (exact) mass is 352 g/mol. The van der Waals surface area contributed by atoms with Gasteiger partial charge in [0.05, 0.1) is 0 Å². The van der Waals surface area contributed by atoms with Crippen molar-refractivity contribution in [2.24, 2.45) is 0 Å². The molecule has 0 aliphatic heterocycles. The fourth-order valence-corrected chi connectivity index (χ4v) is 4.01. The average Bonchev–Trinajstić information content (AvgIpc) is 2.86. The molecule has 0 saturated heterocycles. The van der Waals surface area contributed by atoms with Crippen LogP contribution in [0.15, 0.2) is 21.7 Å². The zero-order valence-corrected chi connectivity index (χ0v) is 13.8. The molecular formula is C12H14Cl2N2O2S2. The van der Waals surface area contributed by atoms with E-state index in [-0.39, 0.29) is 11.1 Å². The fourth-order valence-electron chi connectivity index (χ4n) is 1.87. The van der Waals surface area contributed by atoms with Gasteiger partial charge in [0, 0.05) is 25.2 Å². The molecule has 2 aromatic rings. The number of hydrogen-bond acceptors (Lipinski definition) is 4. The molecular weight excluding hydrogens is 339 g/mol. The molecule has 0 N–H and O–H groups in total. The molecule has 110 valence electrons. The van der Waals surface area contributed by atoms with Crippen LogP contribution in [0.4, 0.5) is 0 Å². The second kappa shape index (κ2) is 7.45. The van der Waals surface area contributed by atoms with Crippen molar-refractivity contribution in [1.82, 2.24) is 7.91 Å². The van der Waals surface area contributed by atoms with Crippen LogP contribution in [0.1, 0.15) is 25.7 Å². The highest BCUT2D eigenvalue weighted by molar-refractivity contribution is 7.11. The number of rotatable bonds is 7. The first-order valence-electron chi connectivity index (χ1n) is 6.29. The SMILES string of the molecule is O=c1cc(Cl)sn1CCCCCCn1sc(Cl)cc1=O. The van der Waals surface area contributed by atoms with Gasteiger partial charge < -0.3 is 0 Å². The molecule has 4 nitrogen and oxygen atoms in total. The molecule has 0 aromatic carbocycles. The van der Waals surface area contributed by atoms with E-state index in [4.69, 9.17) is 23.2 Å². The molecule has 2 rings (SSSR count). The number of unbranched alkanes of at least 4 members (excludes halogenated alkanes) is 3. The molecule has 8 heteroatoms. The highest BCUT2D eigenvalue weighted by Gasteiger charge is 2.03. The van der Waals surface area contributed by atoms with Gasteiger partial charge in [-0.25, -0.2) is 0 Å². The maximum absolute atomic E-state index is 11.4. The van der Waals surface area contributed by atoms with Gasteiger partial charge in [0.2, 0.25) is 0 Å². The maximum atomic E-state index is 11.4. The Morgan fingerprint density at radius 3 is 1.50 bits per heavy atom. The largest absolute Gasteiger partial charge is 0.268 e. The molecule has 2 heterocycles. The third-order valence-electron chi connectivity index (χ3n) is 2.83. The van der Waals surface area contributed by atoms with Gasteiger partial charge in [0.25, 0.3) is 11.1 Å². The lowest BCUT2D eigenvalue weighted by molar-refractivity contribution is 0.556. The number of hydrogen-bond donors (Lipinski definition) is 0. The first-order chi connectivity index (χ1) is 9.56. The van der Waals surface area contributed by atoms with E-state index in [0.29, 0.717) is 21.8 Å². The topological polar surface area (TPSA) is 44.0 Å². The molecule has 0 fully saturated rings. The highest BCUT2D eigenvalue weighted by Crippen LogP contribution is 2.15. The summed E-state index contributed by atoms with van der Waals surface area (Å²) in [5.74, 6) is 0. The Morgan fingerprint density at radius 2 is 1.20 bits per heavy atom. The van der Waals surface area contributed by atoms with E-state index >= 15 is 0 Å². The van der Waals surface area contributed by atoms with E-state index in [1.54, 1.807) is 7.91 Å². The molecule has 0 bridgehead atoms. The van der Waals surface area contributed by atoms with E-state index in [1.165, 1.54) is 35.2 Å². The minimum absolute atomic E-state index is 0.0280. The number of halogens is 2. The summed E-state index contributed by atoms with van der Waals surface area (Å²) in [6.07, 6.45) is 3.93. The Hall–Kier alpha value is -0.560. The van der Waals surface area contributed by atoms with Crippen LogP contribution in [-0.4, -0.2) is 7.91 Å². The normalized spacial score (nSPS) is 11.1. The molecule has 0 spiro atoms. The van der Waals surface area contributed by atoms with Crippen molar-refractivity contribution < 1.29 is 0 Å². The zero-order chi connectivity index (χ0) is 14.5. The van der Waals surface area contributed by atoms with Crippen molar-refractivity contribution in [1.29, 1.82) is 0 Å². The van der Waals surface area contributed by atoms with E-state index < -0.39 is 0 Å². The summed E-state index contributed by atoms with van der Waals surface area (Å²) in [6, 6.07) is 2.89. The summed E-state index contributed by atoms with van der Waals surface area (Å²) in [4.78, 5) is 22.8. The van der Waals surface area contributed by atoms with Crippen molar-refractivity contribution in [3.8, 4) is 0 Å². The summed E-state index contributed by atoms with van der Waals surface area (Å²) in [5.41, 5.74) is -0.0560. The Bertz CT molecular complexity index is 613. The second-order valence-electron chi connectivity index (χ2n) is 4.37. The van der Waals surface area contributed by atoms with Crippen LogP contribution in [-0.2, 0) is 13.1 Å². The highest BCUT2D eigenvalue weighted by atomic mass is 35.5. The zero-order valence-electron chi connectivity index (χ0n) is 10.7. The standard InChI is InChI=1S/C12H14Cl2N2O2S2/c13-9-7-11(17)15(19-9)5-3-1-2-4-6-16-12(18)8-10(14)20-16/h7-8H,1-6H2. The van der Waals surface area contributed by atoms with Crippen molar-refractivity contribution in [2.45, 2.75) is 38.8 Å². The van der Waals surface area contributed by atoms with Gasteiger partial charge >= 0.3 is 0 Å². The number of aryl methyl sites for hydroxylation is 2. The quantitative estimate of drug-likeness (QED) is 0.713. The molecule has 0 amide bonds. The van der Waals surface area contributed by atoms with Crippen LogP contribution in [0.5, 0.6) is 0 Å². The van der Waals surface area contributed by atoms with Gasteiger partial charge in [0.1, 0.15) is 8.67 Å². The fraction of sp³-hybridized carbons (Fsp3) is 0.500. The molecule has 2 aromatic heterocycles. The molecule has 0 aliphatic rings. The van der Waals surface area contributed by atoms with Gasteiger partial charge in [-0.2, -0.15) is 0 Å². The van der Waals surface area contributed by atoms with Crippen molar-refractivity contribution in [3.63, 3.8) is 0 Å². The van der Waals surface area contributed by atoms with Crippen LogP contribution in [0, 0.1) is 0 Å². The summed E-state index contributed by atoms with van der Waals surface area (Å²) in [6.45, 7) is 1.42. The predicted octanol–water partition coefficient (Wildman–Crippen LogP) is 3.70. The van der Waals surface area contributed by atoms with Crippen molar-refractivity contribution in [3.05, 3.63) is 41.5 Å². The number of aromatic nitrogens is 2. The Labute approximate surface area is 134 Å².